The molecule has 0 saturated carbocycles. The summed E-state index contributed by atoms with van der Waals surface area (Å²) in [7, 11) is -3.98. The Morgan fingerprint density at radius 3 is 2.29 bits per heavy atom. The van der Waals surface area contributed by atoms with Crippen LogP contribution in [0.5, 0.6) is 0 Å². The van der Waals surface area contributed by atoms with Crippen molar-refractivity contribution in [2.75, 3.05) is 0 Å². The Bertz CT molecular complexity index is 1240. The summed E-state index contributed by atoms with van der Waals surface area (Å²) < 4.78 is 39.0. The van der Waals surface area contributed by atoms with Crippen LogP contribution in [0.4, 0.5) is 4.39 Å². The highest BCUT2D eigenvalue weighted by Crippen LogP contribution is 2.30. The number of primary sulfonamides is 1. The Kier molecular flexibility index (Phi) is 4.50. The molecule has 2 N–H and O–H groups in total. The van der Waals surface area contributed by atoms with Crippen LogP contribution in [-0.4, -0.2) is 23.2 Å². The summed E-state index contributed by atoms with van der Waals surface area (Å²) in [4.78, 5) is 4.24. The van der Waals surface area contributed by atoms with Crippen molar-refractivity contribution in [3.8, 4) is 28.3 Å². The van der Waals surface area contributed by atoms with Crippen LogP contribution in [0, 0.1) is 5.82 Å². The molecule has 6 nitrogen and oxygen atoms in total. The van der Waals surface area contributed by atoms with Crippen molar-refractivity contribution < 1.29 is 12.8 Å². The smallest absolute Gasteiger partial charge is 0.240 e. The number of pyridine rings is 1. The first-order chi connectivity index (χ1) is 13.4. The molecule has 2 aromatic heterocycles. The average Bonchev–Trinajstić information content (AvgIpc) is 3.14. The SMILES string of the molecule is NS(=O)(=O)c1ccccc1-n1nc(-c2ccccn2)cc1-c1ccc(F)cc1. The number of aromatic nitrogens is 3. The van der Waals surface area contributed by atoms with E-state index in [-0.39, 0.29) is 10.7 Å². The van der Waals surface area contributed by atoms with Gasteiger partial charge in [0.05, 0.1) is 17.1 Å². The predicted molar refractivity (Wildman–Crippen MR) is 104 cm³/mol. The minimum absolute atomic E-state index is 0.0611. The molecule has 4 rings (SSSR count). The van der Waals surface area contributed by atoms with Crippen LogP contribution in [-0.2, 0) is 10.0 Å². The van der Waals surface area contributed by atoms with Gasteiger partial charge >= 0.3 is 0 Å². The number of sulfonamides is 1. The van der Waals surface area contributed by atoms with E-state index < -0.39 is 10.0 Å². The number of hydrogen-bond acceptors (Lipinski definition) is 4. The highest BCUT2D eigenvalue weighted by molar-refractivity contribution is 7.89. The molecule has 0 aliphatic heterocycles. The lowest BCUT2D eigenvalue weighted by molar-refractivity contribution is 0.596. The van der Waals surface area contributed by atoms with Crippen molar-refractivity contribution in [1.29, 1.82) is 0 Å². The Labute approximate surface area is 161 Å². The normalized spacial score (nSPS) is 11.5. The van der Waals surface area contributed by atoms with Crippen LogP contribution in [0.15, 0.2) is 83.9 Å². The molecular formula is C20H15FN4O2S. The highest BCUT2D eigenvalue weighted by atomic mass is 32.2. The van der Waals surface area contributed by atoms with Crippen LogP contribution in [0.1, 0.15) is 0 Å². The molecule has 2 heterocycles. The molecule has 0 radical (unpaired) electrons. The van der Waals surface area contributed by atoms with Gasteiger partial charge in [-0.25, -0.2) is 22.6 Å². The fourth-order valence-corrected chi connectivity index (χ4v) is 3.62. The molecule has 2 aromatic carbocycles. The molecule has 0 saturated heterocycles. The molecule has 0 atom stereocenters. The van der Waals surface area contributed by atoms with E-state index in [0.29, 0.717) is 28.3 Å². The molecule has 0 aliphatic rings. The Balaban J connectivity index is 1.99. The van der Waals surface area contributed by atoms with Gasteiger partial charge in [0, 0.05) is 11.8 Å². The monoisotopic (exact) mass is 394 g/mol. The zero-order valence-corrected chi connectivity index (χ0v) is 15.3. The van der Waals surface area contributed by atoms with Crippen LogP contribution >= 0.6 is 0 Å². The molecular weight excluding hydrogens is 379 g/mol. The summed E-state index contributed by atoms with van der Waals surface area (Å²) in [6.07, 6.45) is 1.64. The predicted octanol–water partition coefficient (Wildman–Crippen LogP) is 3.39. The molecule has 0 spiro atoms. The molecule has 0 bridgehead atoms. The second kappa shape index (κ2) is 6.99. The zero-order valence-electron chi connectivity index (χ0n) is 14.5. The standard InChI is InChI=1S/C20H15FN4O2S/c21-15-10-8-14(9-11-15)19-13-17(16-5-3-4-12-23-16)24-25(19)18-6-1-2-7-20(18)28(22,26)27/h1-13H,(H2,22,26,27). The van der Waals surface area contributed by atoms with Crippen molar-refractivity contribution in [3.63, 3.8) is 0 Å². The number of nitrogens with zero attached hydrogens (tertiary/aromatic N) is 3. The van der Waals surface area contributed by atoms with E-state index in [1.54, 1.807) is 54.7 Å². The Morgan fingerprint density at radius 2 is 1.61 bits per heavy atom. The van der Waals surface area contributed by atoms with E-state index >= 15 is 0 Å². The van der Waals surface area contributed by atoms with Crippen molar-refractivity contribution in [1.82, 2.24) is 14.8 Å². The van der Waals surface area contributed by atoms with Gasteiger partial charge in [0.25, 0.3) is 0 Å². The molecule has 0 fully saturated rings. The van der Waals surface area contributed by atoms with Crippen molar-refractivity contribution in [3.05, 3.63) is 84.8 Å². The van der Waals surface area contributed by atoms with Gasteiger partial charge in [0.1, 0.15) is 16.4 Å². The lowest BCUT2D eigenvalue weighted by Crippen LogP contribution is -2.16. The van der Waals surface area contributed by atoms with Crippen LogP contribution < -0.4 is 5.14 Å². The molecule has 0 unspecified atom stereocenters. The van der Waals surface area contributed by atoms with Crippen molar-refractivity contribution in [2.24, 2.45) is 5.14 Å². The number of nitrogens with two attached hydrogens (primary N) is 1. The third kappa shape index (κ3) is 3.42. The molecule has 28 heavy (non-hydrogen) atoms. The Morgan fingerprint density at radius 1 is 0.893 bits per heavy atom. The first-order valence-electron chi connectivity index (χ1n) is 8.33. The topological polar surface area (TPSA) is 90.9 Å². The minimum atomic E-state index is -3.98. The third-order valence-corrected chi connectivity index (χ3v) is 5.13. The van der Waals surface area contributed by atoms with Gasteiger partial charge in [-0.3, -0.25) is 4.98 Å². The minimum Gasteiger partial charge on any atom is -0.255 e. The average molecular weight is 394 g/mol. The van der Waals surface area contributed by atoms with Crippen molar-refractivity contribution >= 4 is 10.0 Å². The van der Waals surface area contributed by atoms with Gasteiger partial charge in [-0.05, 0) is 54.6 Å². The maximum absolute atomic E-state index is 13.4. The molecule has 0 amide bonds. The quantitative estimate of drug-likeness (QED) is 0.574. The number of benzene rings is 2. The number of rotatable bonds is 4. The fourth-order valence-electron chi connectivity index (χ4n) is 2.90. The fraction of sp³-hybridized carbons (Fsp3) is 0. The Hall–Kier alpha value is -3.36. The molecule has 0 aliphatic carbocycles. The summed E-state index contributed by atoms with van der Waals surface area (Å²) in [5.41, 5.74) is 2.71. The third-order valence-electron chi connectivity index (χ3n) is 4.18. The van der Waals surface area contributed by atoms with Crippen LogP contribution in [0.25, 0.3) is 28.3 Å². The maximum Gasteiger partial charge on any atom is 0.240 e. The van der Waals surface area contributed by atoms with E-state index in [0.717, 1.165) is 0 Å². The van der Waals surface area contributed by atoms with Crippen molar-refractivity contribution in [2.45, 2.75) is 4.90 Å². The number of para-hydroxylation sites is 1. The molecule has 8 heteroatoms. The first-order valence-corrected chi connectivity index (χ1v) is 9.88. The maximum atomic E-state index is 13.4. The first kappa shape index (κ1) is 18.0. The van der Waals surface area contributed by atoms with Gasteiger partial charge in [0.2, 0.25) is 10.0 Å². The molecule has 4 aromatic rings. The second-order valence-corrected chi connectivity index (χ2v) is 7.59. The summed E-state index contributed by atoms with van der Waals surface area (Å²) in [5.74, 6) is -0.371. The van der Waals surface area contributed by atoms with E-state index in [2.05, 4.69) is 10.1 Å². The largest absolute Gasteiger partial charge is 0.255 e. The van der Waals surface area contributed by atoms with Crippen LogP contribution in [0.3, 0.4) is 0 Å². The number of halogens is 1. The van der Waals surface area contributed by atoms with E-state index in [1.807, 2.05) is 6.07 Å². The lowest BCUT2D eigenvalue weighted by Gasteiger charge is -2.11. The number of hydrogen-bond donors (Lipinski definition) is 1. The highest BCUT2D eigenvalue weighted by Gasteiger charge is 2.20. The second-order valence-electron chi connectivity index (χ2n) is 6.06. The molecule has 140 valence electrons. The van der Waals surface area contributed by atoms with Gasteiger partial charge in [-0.2, -0.15) is 5.10 Å². The summed E-state index contributed by atoms with van der Waals surface area (Å²) >= 11 is 0. The van der Waals surface area contributed by atoms with E-state index in [9.17, 15) is 12.8 Å². The van der Waals surface area contributed by atoms with Crippen LogP contribution in [0.2, 0.25) is 0 Å². The summed E-state index contributed by atoms with van der Waals surface area (Å²) in [6, 6.07) is 19.4. The zero-order chi connectivity index (χ0) is 19.7. The van der Waals surface area contributed by atoms with Gasteiger partial charge in [-0.15, -0.1) is 0 Å². The van der Waals surface area contributed by atoms with Gasteiger partial charge < -0.3 is 0 Å². The van der Waals surface area contributed by atoms with E-state index in [1.165, 1.54) is 22.9 Å². The van der Waals surface area contributed by atoms with Gasteiger partial charge in [0.15, 0.2) is 0 Å². The van der Waals surface area contributed by atoms with Gasteiger partial charge in [-0.1, -0.05) is 18.2 Å². The summed E-state index contributed by atoms with van der Waals surface area (Å²) in [6.45, 7) is 0. The lowest BCUT2D eigenvalue weighted by atomic mass is 10.1. The summed E-state index contributed by atoms with van der Waals surface area (Å²) in [5, 5.41) is 9.95. The van der Waals surface area contributed by atoms with E-state index in [4.69, 9.17) is 5.14 Å².